The molecule has 2 bridgehead atoms. The van der Waals surface area contributed by atoms with Crippen molar-refractivity contribution in [3.05, 3.63) is 101 Å². The fourth-order valence-corrected chi connectivity index (χ4v) is 12.8. The molecule has 1 aliphatic carbocycles. The number of phenolic OH excluding ortho intramolecular Hbond substituents is 1. The minimum Gasteiger partial charge on any atom is -0.508 e. The number of piperidine rings is 2. The Hall–Kier alpha value is -7.20. The number of halogens is 1. The Morgan fingerprint density at radius 1 is 0.987 bits per heavy atom. The van der Waals surface area contributed by atoms with E-state index in [1.54, 1.807) is 41.8 Å². The van der Waals surface area contributed by atoms with Gasteiger partial charge in [0, 0.05) is 67.9 Å². The van der Waals surface area contributed by atoms with Gasteiger partial charge >= 0.3 is 6.01 Å². The number of carbonyl (C=O) groups excluding carboxylic acids is 2. The predicted molar refractivity (Wildman–Crippen MR) is 292 cm³/mol. The van der Waals surface area contributed by atoms with E-state index in [0.29, 0.717) is 89.3 Å². The predicted octanol–water partition coefficient (Wildman–Crippen LogP) is 8.56. The number of phenols is 1. The number of aromatic nitrogens is 5. The molecule has 4 fully saturated rings. The van der Waals surface area contributed by atoms with Crippen LogP contribution in [0, 0.1) is 48.8 Å². The zero-order valence-electron chi connectivity index (χ0n) is 43.7. The van der Waals surface area contributed by atoms with Crippen molar-refractivity contribution in [3.63, 3.8) is 0 Å². The molecule has 1 saturated carbocycles. The largest absolute Gasteiger partial charge is 0.508 e. The molecule has 0 radical (unpaired) electrons. The van der Waals surface area contributed by atoms with Gasteiger partial charge in [-0.15, -0.1) is 17.8 Å². The van der Waals surface area contributed by atoms with Gasteiger partial charge in [-0.05, 0) is 122 Å². The van der Waals surface area contributed by atoms with E-state index in [2.05, 4.69) is 65.4 Å². The summed E-state index contributed by atoms with van der Waals surface area (Å²) in [7, 11) is 0. The summed E-state index contributed by atoms with van der Waals surface area (Å²) in [4.78, 5) is 53.6. The summed E-state index contributed by atoms with van der Waals surface area (Å²) < 4.78 is 35.3. The maximum Gasteiger partial charge on any atom is 0.319 e. The zero-order valence-corrected chi connectivity index (χ0v) is 44.5. The number of hydrogen-bond acceptors (Lipinski definition) is 15. The van der Waals surface area contributed by atoms with Crippen LogP contribution in [0.25, 0.3) is 43.4 Å². The number of nitrogens with one attached hydrogen (secondary N) is 1. The van der Waals surface area contributed by atoms with Crippen molar-refractivity contribution in [1.82, 2.24) is 40.2 Å². The number of anilines is 1. The lowest BCUT2D eigenvalue weighted by atomic mass is 9.91. The van der Waals surface area contributed by atoms with Crippen LogP contribution in [0.1, 0.15) is 80.9 Å². The van der Waals surface area contributed by atoms with Crippen molar-refractivity contribution in [2.75, 3.05) is 63.9 Å². The number of benzene rings is 3. The Balaban J connectivity index is 0.688. The minimum absolute atomic E-state index is 0.0303. The van der Waals surface area contributed by atoms with E-state index in [1.807, 2.05) is 32.3 Å². The molecule has 3 aliphatic heterocycles. The van der Waals surface area contributed by atoms with Crippen LogP contribution in [-0.4, -0.2) is 128 Å². The monoisotopic (exact) mass is 1060 g/mol. The number of amides is 2. The Kier molecular flexibility index (Phi) is 15.1. The number of aromatic hydroxyl groups is 1. The first kappa shape index (κ1) is 51.9. The highest BCUT2D eigenvalue weighted by molar-refractivity contribution is 7.13. The average molecular weight is 1060 g/mol. The Labute approximate surface area is 451 Å². The van der Waals surface area contributed by atoms with E-state index in [1.165, 1.54) is 30.2 Å². The molecule has 3 saturated heterocycles. The molecule has 7 heterocycles. The highest BCUT2D eigenvalue weighted by atomic mass is 32.1. The number of β-amino-alcohol motifs (C(OH)–C–C–N with tert-alkyl or cyclic N) is 1. The van der Waals surface area contributed by atoms with E-state index in [9.17, 15) is 19.8 Å². The molecule has 2 amide bonds. The minimum atomic E-state index is -0.827. The normalized spacial score (nSPS) is 20.3. The Morgan fingerprint density at radius 3 is 2.52 bits per heavy atom. The topological polar surface area (TPSA) is 192 Å². The lowest BCUT2D eigenvalue weighted by molar-refractivity contribution is -0.140. The number of thiazole rings is 1. The lowest BCUT2D eigenvalue weighted by Gasteiger charge is -2.33. The van der Waals surface area contributed by atoms with Gasteiger partial charge in [-0.3, -0.25) is 19.5 Å². The van der Waals surface area contributed by atoms with Gasteiger partial charge in [-0.2, -0.15) is 9.97 Å². The summed E-state index contributed by atoms with van der Waals surface area (Å²) in [5.41, 5.74) is 6.09. The van der Waals surface area contributed by atoms with Crippen LogP contribution in [0.4, 0.5) is 10.2 Å². The third kappa shape index (κ3) is 11.0. The molecule has 16 nitrogen and oxygen atoms in total. The number of rotatable bonds is 17. The smallest absolute Gasteiger partial charge is 0.319 e. The van der Waals surface area contributed by atoms with Crippen molar-refractivity contribution >= 4 is 50.6 Å². The quantitative estimate of drug-likeness (QED) is 0.0735. The number of nitrogens with zero attached hydrogens (tertiary/aromatic N) is 8. The van der Waals surface area contributed by atoms with Crippen molar-refractivity contribution in [3.8, 4) is 51.7 Å². The molecule has 77 heavy (non-hydrogen) atoms. The van der Waals surface area contributed by atoms with Crippen LogP contribution < -0.4 is 19.7 Å². The number of aliphatic hydroxyl groups is 1. The summed E-state index contributed by atoms with van der Waals surface area (Å²) >= 11 is 1.61. The molecule has 400 valence electrons. The molecule has 5 atom stereocenters. The number of carbonyl (C=O) groups is 2. The summed E-state index contributed by atoms with van der Waals surface area (Å²) in [5.74, 6) is 3.11. The van der Waals surface area contributed by atoms with E-state index < -0.39 is 23.9 Å². The van der Waals surface area contributed by atoms with Crippen LogP contribution in [0.5, 0.6) is 17.6 Å². The van der Waals surface area contributed by atoms with Gasteiger partial charge < -0.3 is 39.3 Å². The first-order valence-electron chi connectivity index (χ1n) is 26.9. The molecule has 18 heteroatoms. The van der Waals surface area contributed by atoms with Crippen LogP contribution in [0.3, 0.4) is 0 Å². The molecule has 4 aromatic heterocycles. The number of aryl methyl sites for hydroxylation is 1. The third-order valence-electron chi connectivity index (χ3n) is 16.0. The number of hydrogen-bond donors (Lipinski definition) is 3. The maximum atomic E-state index is 17.1. The second-order valence-electron chi connectivity index (χ2n) is 21.6. The summed E-state index contributed by atoms with van der Waals surface area (Å²) in [6, 6.07) is 17.7. The number of terminal acetylenes is 1. The molecule has 3 N–H and O–H groups in total. The first-order chi connectivity index (χ1) is 37.4. The Morgan fingerprint density at radius 2 is 1.78 bits per heavy atom. The molecule has 7 aromatic rings. The second-order valence-corrected chi connectivity index (χ2v) is 22.5. The fraction of sp³-hybridized carbons (Fsp3) is 0.441. The number of ether oxygens (including phenoxy) is 2. The number of aliphatic hydroxyl groups excluding tert-OH is 1. The highest BCUT2D eigenvalue weighted by Crippen LogP contribution is 2.42. The summed E-state index contributed by atoms with van der Waals surface area (Å²) in [6.45, 7) is 10.9. The molecule has 3 aromatic carbocycles. The van der Waals surface area contributed by atoms with E-state index >= 15 is 4.39 Å². The van der Waals surface area contributed by atoms with Gasteiger partial charge in [0.15, 0.2) is 11.6 Å². The van der Waals surface area contributed by atoms with E-state index in [4.69, 9.17) is 25.4 Å². The van der Waals surface area contributed by atoms with Gasteiger partial charge in [0.2, 0.25) is 11.8 Å². The van der Waals surface area contributed by atoms with Crippen molar-refractivity contribution in [1.29, 1.82) is 0 Å². The van der Waals surface area contributed by atoms with Crippen LogP contribution in [0.15, 0.2) is 76.9 Å². The van der Waals surface area contributed by atoms with Crippen LogP contribution >= 0.6 is 11.3 Å². The zero-order chi connectivity index (χ0) is 53.3. The number of pyridine rings is 1. The van der Waals surface area contributed by atoms with Crippen molar-refractivity contribution < 1.29 is 38.2 Å². The standard InChI is InChI=1S/C59H64FN9O7S/c1-5-40-7-6-8-42-24-43(70)25-45(51(40)42)53-52(60)54-46(28-62-53)56(68-29-38-9-10-39(23-38)30-68)65-59(64-54)74-22-21-67-19-16-37(17-20-67)32-75-49-27-48(76-66-49)50(34(2)3)58(73)69-31-44(71)26-47(69)57(72)61-18-15-36-11-13-41(14-12-36)55-35(4)63-33-77-55/h1,6-8,11-14,24-25,27-28,33-34,37-39,44,47,50,70-71H,9-10,15-23,26,29-32H2,2-4H3,(H,61,72)/t38?,39?,44?,47?,50-/m0/s1. The third-order valence-corrected chi connectivity index (χ3v) is 17.0. The molecular weight excluding hydrogens is 998 g/mol. The summed E-state index contributed by atoms with van der Waals surface area (Å²) in [6.07, 6.45) is 12.7. The van der Waals surface area contributed by atoms with Crippen LogP contribution in [-0.2, 0) is 16.0 Å². The second kappa shape index (κ2) is 22.4. The van der Waals surface area contributed by atoms with Gasteiger partial charge in [0.1, 0.15) is 41.3 Å². The van der Waals surface area contributed by atoms with E-state index in [0.717, 1.165) is 60.7 Å². The van der Waals surface area contributed by atoms with Gasteiger partial charge in [-0.25, -0.2) is 9.37 Å². The van der Waals surface area contributed by atoms with Gasteiger partial charge in [0.05, 0.1) is 34.2 Å². The van der Waals surface area contributed by atoms with Crippen LogP contribution in [0.2, 0.25) is 0 Å². The highest BCUT2D eigenvalue weighted by Gasteiger charge is 2.43. The lowest BCUT2D eigenvalue weighted by Crippen LogP contribution is -2.48. The first-order valence-corrected chi connectivity index (χ1v) is 27.8. The average Bonchev–Trinajstić information content (AvgIpc) is 4.31. The van der Waals surface area contributed by atoms with Crippen molar-refractivity contribution in [2.24, 2.45) is 23.7 Å². The molecule has 4 aliphatic rings. The SMILES string of the molecule is C#Cc1cccc2cc(O)cc(-c3ncc4c(N5CC6CCC(C6)C5)nc(OCCN5CCC(COc6cc([C@@H](C(=O)N7CC(O)CC7C(=O)NCCc7ccc(-c8scnc8C)cc7)C(C)C)on6)CC5)nc4c3F)c12. The molecule has 0 spiro atoms. The molecule has 4 unspecified atom stereocenters. The number of likely N-dealkylation sites (tertiary alicyclic amines) is 2. The van der Waals surface area contributed by atoms with E-state index in [-0.39, 0.29) is 59.6 Å². The maximum absolute atomic E-state index is 17.1. The fourth-order valence-electron chi connectivity index (χ4n) is 12.0. The summed E-state index contributed by atoms with van der Waals surface area (Å²) in [5, 5.41) is 30.4. The Bertz CT molecular complexity index is 3320. The molecular formula is C59H64FN9O7S. The van der Waals surface area contributed by atoms with Gasteiger partial charge in [0.25, 0.3) is 5.88 Å². The van der Waals surface area contributed by atoms with Crippen molar-refractivity contribution in [2.45, 2.75) is 83.8 Å². The number of fused-ring (bicyclic) bond motifs is 4. The van der Waals surface area contributed by atoms with Gasteiger partial charge in [-0.1, -0.05) is 56.2 Å². The molecule has 11 rings (SSSR count).